The highest BCUT2D eigenvalue weighted by molar-refractivity contribution is 5.81. The van der Waals surface area contributed by atoms with E-state index in [-0.39, 0.29) is 5.79 Å². The van der Waals surface area contributed by atoms with Gasteiger partial charge < -0.3 is 9.47 Å². The van der Waals surface area contributed by atoms with E-state index in [1.165, 1.54) is 10.9 Å². The summed E-state index contributed by atoms with van der Waals surface area (Å²) in [5.74, 6) is -0.358. The van der Waals surface area contributed by atoms with Gasteiger partial charge in [-0.1, -0.05) is 18.2 Å². The topological polar surface area (TPSA) is 39.5 Å². The molecule has 5 heteroatoms. The van der Waals surface area contributed by atoms with Crippen molar-refractivity contribution < 1.29 is 9.47 Å². The first-order valence-electron chi connectivity index (χ1n) is 7.67. The van der Waals surface area contributed by atoms with Crippen LogP contribution in [0.5, 0.6) is 0 Å². The lowest BCUT2D eigenvalue weighted by Crippen LogP contribution is -2.48. The lowest BCUT2D eigenvalue weighted by atomic mass is 10.0. The molecule has 4 rings (SSSR count). The van der Waals surface area contributed by atoms with Crippen molar-refractivity contribution in [1.29, 1.82) is 0 Å². The zero-order valence-electron chi connectivity index (χ0n) is 12.4. The van der Waals surface area contributed by atoms with Gasteiger partial charge in [-0.15, -0.1) is 0 Å². The number of likely N-dealkylation sites (tertiary alicyclic amines) is 1. The molecule has 0 N–H and O–H groups in total. The third-order valence-corrected chi connectivity index (χ3v) is 4.52. The molecular weight excluding hydrogens is 266 g/mol. The lowest BCUT2D eigenvalue weighted by molar-refractivity contribution is -0.190. The van der Waals surface area contributed by atoms with Crippen molar-refractivity contribution in [3.8, 4) is 0 Å². The Morgan fingerprint density at radius 1 is 1.24 bits per heavy atom. The Balaban J connectivity index is 1.57. The summed E-state index contributed by atoms with van der Waals surface area (Å²) in [5.41, 5.74) is 2.33. The standard InChI is InChI=1S/C16H21N3O2/c1-18-15-6-3-2-5-13(15)14(17-18)11-19-8-4-7-16(12-19)20-9-10-21-16/h2-3,5-6H,4,7-12H2,1H3. The first-order valence-corrected chi connectivity index (χ1v) is 7.67. The molecule has 0 bridgehead atoms. The largest absolute Gasteiger partial charge is 0.346 e. The second-order valence-electron chi connectivity index (χ2n) is 6.01. The number of rotatable bonds is 2. The van der Waals surface area contributed by atoms with Crippen LogP contribution in [0.15, 0.2) is 24.3 Å². The van der Waals surface area contributed by atoms with Crippen LogP contribution in [0.3, 0.4) is 0 Å². The molecule has 0 radical (unpaired) electrons. The van der Waals surface area contributed by atoms with Crippen molar-refractivity contribution in [2.45, 2.75) is 25.2 Å². The molecule has 1 spiro atoms. The highest BCUT2D eigenvalue weighted by Gasteiger charge is 2.40. The van der Waals surface area contributed by atoms with E-state index in [9.17, 15) is 0 Å². The zero-order chi connectivity index (χ0) is 14.3. The summed E-state index contributed by atoms with van der Waals surface area (Å²) in [6.45, 7) is 4.23. The minimum Gasteiger partial charge on any atom is -0.346 e. The van der Waals surface area contributed by atoms with E-state index < -0.39 is 0 Å². The normalized spacial score (nSPS) is 22.3. The van der Waals surface area contributed by atoms with Crippen LogP contribution < -0.4 is 0 Å². The molecular formula is C16H21N3O2. The van der Waals surface area contributed by atoms with Crippen molar-refractivity contribution in [2.24, 2.45) is 7.05 Å². The van der Waals surface area contributed by atoms with Gasteiger partial charge >= 0.3 is 0 Å². The van der Waals surface area contributed by atoms with Crippen molar-refractivity contribution in [3.05, 3.63) is 30.0 Å². The molecule has 2 aromatic rings. The summed E-state index contributed by atoms with van der Waals surface area (Å²) in [7, 11) is 2.01. The second-order valence-corrected chi connectivity index (χ2v) is 6.01. The third kappa shape index (κ3) is 2.35. The number of benzene rings is 1. The van der Waals surface area contributed by atoms with Gasteiger partial charge in [-0.2, -0.15) is 5.10 Å². The van der Waals surface area contributed by atoms with Gasteiger partial charge in [0.1, 0.15) is 0 Å². The van der Waals surface area contributed by atoms with Gasteiger partial charge in [-0.05, 0) is 19.0 Å². The number of nitrogens with zero attached hydrogens (tertiary/aromatic N) is 3. The number of hydrogen-bond donors (Lipinski definition) is 0. The molecule has 0 unspecified atom stereocenters. The van der Waals surface area contributed by atoms with Gasteiger partial charge in [0.15, 0.2) is 5.79 Å². The minimum absolute atomic E-state index is 0.358. The summed E-state index contributed by atoms with van der Waals surface area (Å²) < 4.78 is 13.7. The zero-order valence-corrected chi connectivity index (χ0v) is 12.4. The van der Waals surface area contributed by atoms with Gasteiger partial charge in [0, 0.05) is 25.4 Å². The molecule has 1 aromatic heterocycles. The fraction of sp³-hybridized carbons (Fsp3) is 0.562. The maximum absolute atomic E-state index is 5.85. The average Bonchev–Trinajstić information content (AvgIpc) is 3.06. The fourth-order valence-electron chi connectivity index (χ4n) is 3.56. The molecule has 2 saturated heterocycles. The number of aryl methyl sites for hydroxylation is 1. The molecule has 0 atom stereocenters. The molecule has 1 aromatic carbocycles. The third-order valence-electron chi connectivity index (χ3n) is 4.52. The Morgan fingerprint density at radius 2 is 2.05 bits per heavy atom. The van der Waals surface area contributed by atoms with Crippen LogP contribution in [0.4, 0.5) is 0 Å². The van der Waals surface area contributed by atoms with Crippen molar-refractivity contribution in [3.63, 3.8) is 0 Å². The van der Waals surface area contributed by atoms with E-state index in [1.54, 1.807) is 0 Å². The number of ether oxygens (including phenoxy) is 2. The Morgan fingerprint density at radius 3 is 2.90 bits per heavy atom. The Kier molecular flexibility index (Phi) is 3.21. The summed E-state index contributed by atoms with van der Waals surface area (Å²) in [6, 6.07) is 8.41. The predicted octanol–water partition coefficient (Wildman–Crippen LogP) is 1.91. The van der Waals surface area contributed by atoms with Gasteiger partial charge in [0.25, 0.3) is 0 Å². The van der Waals surface area contributed by atoms with Gasteiger partial charge in [0.05, 0.1) is 31.0 Å². The van der Waals surface area contributed by atoms with Crippen LogP contribution in [0.25, 0.3) is 10.9 Å². The van der Waals surface area contributed by atoms with E-state index in [4.69, 9.17) is 14.6 Å². The van der Waals surface area contributed by atoms with Crippen LogP contribution in [0, 0.1) is 0 Å². The van der Waals surface area contributed by atoms with Crippen molar-refractivity contribution >= 4 is 10.9 Å². The van der Waals surface area contributed by atoms with Crippen LogP contribution in [0.1, 0.15) is 18.5 Å². The van der Waals surface area contributed by atoms with E-state index in [2.05, 4.69) is 29.2 Å². The lowest BCUT2D eigenvalue weighted by Gasteiger charge is -2.38. The molecule has 5 nitrogen and oxygen atoms in total. The van der Waals surface area contributed by atoms with Gasteiger partial charge in [0.2, 0.25) is 0 Å². The Bertz CT molecular complexity index is 646. The van der Waals surface area contributed by atoms with E-state index in [1.807, 2.05) is 11.7 Å². The van der Waals surface area contributed by atoms with Gasteiger partial charge in [-0.25, -0.2) is 0 Å². The Hall–Kier alpha value is -1.43. The molecule has 21 heavy (non-hydrogen) atoms. The smallest absolute Gasteiger partial charge is 0.181 e. The molecule has 112 valence electrons. The number of aromatic nitrogens is 2. The molecule has 3 heterocycles. The van der Waals surface area contributed by atoms with E-state index in [0.717, 1.165) is 51.4 Å². The van der Waals surface area contributed by atoms with Crippen LogP contribution in [-0.4, -0.2) is 46.8 Å². The second kappa shape index (κ2) is 5.09. The fourth-order valence-corrected chi connectivity index (χ4v) is 3.56. The number of fused-ring (bicyclic) bond motifs is 1. The molecule has 2 fully saturated rings. The highest BCUT2D eigenvalue weighted by Crippen LogP contribution is 2.31. The molecule has 0 amide bonds. The van der Waals surface area contributed by atoms with Crippen LogP contribution >= 0.6 is 0 Å². The number of hydrogen-bond acceptors (Lipinski definition) is 4. The van der Waals surface area contributed by atoms with E-state index in [0.29, 0.717) is 0 Å². The first-order chi connectivity index (χ1) is 10.3. The number of para-hydroxylation sites is 1. The molecule has 2 aliphatic heterocycles. The van der Waals surface area contributed by atoms with Crippen molar-refractivity contribution in [2.75, 3.05) is 26.3 Å². The van der Waals surface area contributed by atoms with Crippen LogP contribution in [0.2, 0.25) is 0 Å². The molecule has 0 aliphatic carbocycles. The molecule has 0 saturated carbocycles. The van der Waals surface area contributed by atoms with Crippen molar-refractivity contribution in [1.82, 2.24) is 14.7 Å². The van der Waals surface area contributed by atoms with E-state index >= 15 is 0 Å². The SMILES string of the molecule is Cn1nc(CN2CCCC3(C2)OCCO3)c2ccccc21. The summed E-state index contributed by atoms with van der Waals surface area (Å²) in [4.78, 5) is 2.41. The monoisotopic (exact) mass is 287 g/mol. The maximum atomic E-state index is 5.85. The predicted molar refractivity (Wildman–Crippen MR) is 79.9 cm³/mol. The summed E-state index contributed by atoms with van der Waals surface area (Å²) in [6.07, 6.45) is 2.12. The Labute approximate surface area is 124 Å². The minimum atomic E-state index is -0.358. The summed E-state index contributed by atoms with van der Waals surface area (Å²) in [5, 5.41) is 5.94. The number of piperidine rings is 1. The first kappa shape index (κ1) is 13.2. The van der Waals surface area contributed by atoms with Gasteiger partial charge in [-0.3, -0.25) is 9.58 Å². The van der Waals surface area contributed by atoms with Crippen LogP contribution in [-0.2, 0) is 23.1 Å². The highest BCUT2D eigenvalue weighted by atomic mass is 16.7. The molecule has 2 aliphatic rings. The summed E-state index contributed by atoms with van der Waals surface area (Å²) >= 11 is 0. The maximum Gasteiger partial charge on any atom is 0.181 e. The average molecular weight is 287 g/mol. The quantitative estimate of drug-likeness (QED) is 0.846.